The van der Waals surface area contributed by atoms with Crippen LogP contribution < -0.4 is 5.73 Å². The van der Waals surface area contributed by atoms with Crippen molar-refractivity contribution in [3.63, 3.8) is 0 Å². The molecule has 1 aromatic carbocycles. The Morgan fingerprint density at radius 3 is 2.89 bits per heavy atom. The molecule has 1 aromatic rings. The number of rotatable bonds is 1. The number of nitrogens with zero attached hydrogens (tertiary/aromatic N) is 1. The predicted molar refractivity (Wildman–Crippen MR) is 73.2 cm³/mol. The molecular weight excluding hydrogens is 252 g/mol. The molecule has 1 atom stereocenters. The molecule has 0 aliphatic carbocycles. The monoisotopic (exact) mass is 270 g/mol. The second kappa shape index (κ2) is 6.07. The first-order valence-corrected chi connectivity index (χ1v) is 5.93. The van der Waals surface area contributed by atoms with Crippen molar-refractivity contribution >= 4 is 18.3 Å². The van der Waals surface area contributed by atoms with E-state index in [9.17, 15) is 9.90 Å². The van der Waals surface area contributed by atoms with Crippen molar-refractivity contribution in [2.75, 3.05) is 13.1 Å². The number of hydrogen-bond acceptors (Lipinski definition) is 3. The average Bonchev–Trinajstić information content (AvgIpc) is 2.32. The first-order chi connectivity index (χ1) is 8.09. The summed E-state index contributed by atoms with van der Waals surface area (Å²) in [5.41, 5.74) is 7.07. The molecule has 3 N–H and O–H groups in total. The Labute approximate surface area is 113 Å². The number of carbonyl (C=O) groups excluding carboxylic acids is 1. The Morgan fingerprint density at radius 1 is 1.50 bits per heavy atom. The number of nitrogens with two attached hydrogens (primary N) is 1. The molecule has 0 spiro atoms. The van der Waals surface area contributed by atoms with Gasteiger partial charge in [-0.25, -0.2) is 0 Å². The number of carbonyl (C=O) groups is 1. The molecule has 0 aromatic heterocycles. The van der Waals surface area contributed by atoms with Gasteiger partial charge in [0.15, 0.2) is 0 Å². The summed E-state index contributed by atoms with van der Waals surface area (Å²) in [7, 11) is 0. The topological polar surface area (TPSA) is 66.6 Å². The van der Waals surface area contributed by atoms with Crippen LogP contribution in [-0.4, -0.2) is 35.0 Å². The van der Waals surface area contributed by atoms with Crippen LogP contribution in [0.3, 0.4) is 0 Å². The van der Waals surface area contributed by atoms with Crippen LogP contribution in [0.25, 0.3) is 0 Å². The highest BCUT2D eigenvalue weighted by Crippen LogP contribution is 2.22. The van der Waals surface area contributed by atoms with Gasteiger partial charge in [-0.3, -0.25) is 4.79 Å². The third kappa shape index (κ3) is 2.94. The largest absolute Gasteiger partial charge is 0.508 e. The van der Waals surface area contributed by atoms with Gasteiger partial charge in [0.05, 0.1) is 0 Å². The lowest BCUT2D eigenvalue weighted by atomic mass is 10.0. The van der Waals surface area contributed by atoms with Crippen LogP contribution >= 0.6 is 12.4 Å². The normalized spacial score (nSPS) is 19.2. The fourth-order valence-electron chi connectivity index (χ4n) is 2.22. The minimum absolute atomic E-state index is 0. The smallest absolute Gasteiger partial charge is 0.254 e. The third-order valence-corrected chi connectivity index (χ3v) is 3.28. The first-order valence-electron chi connectivity index (χ1n) is 5.93. The summed E-state index contributed by atoms with van der Waals surface area (Å²) in [4.78, 5) is 14.1. The second-order valence-electron chi connectivity index (χ2n) is 4.60. The zero-order chi connectivity index (χ0) is 12.4. The van der Waals surface area contributed by atoms with E-state index in [-0.39, 0.29) is 30.1 Å². The Bertz CT molecular complexity index is 437. The minimum atomic E-state index is -0.0337. The minimum Gasteiger partial charge on any atom is -0.508 e. The lowest BCUT2D eigenvalue weighted by Crippen LogP contribution is -2.45. The van der Waals surface area contributed by atoms with Gasteiger partial charge in [0.1, 0.15) is 5.75 Å². The van der Waals surface area contributed by atoms with Crippen LogP contribution in [0.1, 0.15) is 28.8 Å². The quantitative estimate of drug-likeness (QED) is 0.816. The Balaban J connectivity index is 0.00000162. The van der Waals surface area contributed by atoms with E-state index in [2.05, 4.69) is 0 Å². The molecule has 1 saturated heterocycles. The summed E-state index contributed by atoms with van der Waals surface area (Å²) in [5, 5.41) is 9.60. The number of halogens is 1. The number of hydrogen-bond donors (Lipinski definition) is 2. The summed E-state index contributed by atoms with van der Waals surface area (Å²) in [6.45, 7) is 3.11. The van der Waals surface area contributed by atoms with E-state index in [1.165, 1.54) is 0 Å². The van der Waals surface area contributed by atoms with Crippen molar-refractivity contribution < 1.29 is 9.90 Å². The van der Waals surface area contributed by atoms with Crippen LogP contribution in [0.5, 0.6) is 5.75 Å². The highest BCUT2D eigenvalue weighted by atomic mass is 35.5. The first kappa shape index (κ1) is 14.8. The van der Waals surface area contributed by atoms with E-state index < -0.39 is 0 Å². The number of likely N-dealkylation sites (tertiary alicyclic amines) is 1. The number of amides is 1. The van der Waals surface area contributed by atoms with Crippen molar-refractivity contribution in [3.05, 3.63) is 29.3 Å². The number of aromatic hydroxyl groups is 1. The third-order valence-electron chi connectivity index (χ3n) is 3.28. The molecular formula is C13H19ClN2O2. The van der Waals surface area contributed by atoms with Crippen LogP contribution in [-0.2, 0) is 0 Å². The Hall–Kier alpha value is -1.26. The second-order valence-corrected chi connectivity index (χ2v) is 4.60. The molecule has 1 aliphatic rings. The summed E-state index contributed by atoms with van der Waals surface area (Å²) in [6, 6.07) is 5.11. The van der Waals surface area contributed by atoms with Gasteiger partial charge in [-0.2, -0.15) is 0 Å². The van der Waals surface area contributed by atoms with Gasteiger partial charge in [0, 0.05) is 30.3 Å². The van der Waals surface area contributed by atoms with Crippen LogP contribution in [0.2, 0.25) is 0 Å². The molecule has 0 unspecified atom stereocenters. The molecule has 0 saturated carbocycles. The molecule has 18 heavy (non-hydrogen) atoms. The molecule has 1 aliphatic heterocycles. The van der Waals surface area contributed by atoms with E-state index in [0.29, 0.717) is 17.7 Å². The Morgan fingerprint density at radius 2 is 2.22 bits per heavy atom. The number of piperidine rings is 1. The summed E-state index contributed by atoms with van der Waals surface area (Å²) >= 11 is 0. The van der Waals surface area contributed by atoms with Gasteiger partial charge in [-0.15, -0.1) is 12.4 Å². The molecule has 0 radical (unpaired) electrons. The van der Waals surface area contributed by atoms with Crippen molar-refractivity contribution in [1.82, 2.24) is 4.90 Å². The highest BCUT2D eigenvalue weighted by Gasteiger charge is 2.23. The maximum atomic E-state index is 12.3. The summed E-state index contributed by atoms with van der Waals surface area (Å²) < 4.78 is 0. The number of phenolic OH excluding ortho intramolecular Hbond substituents is 1. The van der Waals surface area contributed by atoms with E-state index in [1.807, 2.05) is 0 Å². The highest BCUT2D eigenvalue weighted by molar-refractivity contribution is 5.96. The van der Waals surface area contributed by atoms with E-state index in [0.717, 1.165) is 19.4 Å². The van der Waals surface area contributed by atoms with E-state index in [4.69, 9.17) is 5.73 Å². The van der Waals surface area contributed by atoms with Crippen molar-refractivity contribution in [2.24, 2.45) is 5.73 Å². The van der Waals surface area contributed by atoms with Gasteiger partial charge in [0.25, 0.3) is 5.91 Å². The van der Waals surface area contributed by atoms with Gasteiger partial charge in [0.2, 0.25) is 0 Å². The maximum Gasteiger partial charge on any atom is 0.254 e. The van der Waals surface area contributed by atoms with E-state index in [1.54, 1.807) is 30.0 Å². The van der Waals surface area contributed by atoms with Crippen LogP contribution in [0, 0.1) is 6.92 Å². The van der Waals surface area contributed by atoms with Gasteiger partial charge in [-0.1, -0.05) is 6.07 Å². The lowest BCUT2D eigenvalue weighted by Gasteiger charge is -2.31. The lowest BCUT2D eigenvalue weighted by molar-refractivity contribution is 0.0707. The fourth-order valence-corrected chi connectivity index (χ4v) is 2.22. The maximum absolute atomic E-state index is 12.3. The van der Waals surface area contributed by atoms with Crippen LogP contribution in [0.4, 0.5) is 0 Å². The van der Waals surface area contributed by atoms with Crippen LogP contribution in [0.15, 0.2) is 18.2 Å². The standard InChI is InChI=1S/C13H18N2O2.ClH/c1-9-11(5-2-6-12(9)16)13(17)15-7-3-4-10(14)8-15;/h2,5-6,10,16H,3-4,7-8,14H2,1H3;1H/t10-;/m0./s1. The zero-order valence-corrected chi connectivity index (χ0v) is 11.2. The molecule has 1 heterocycles. The van der Waals surface area contributed by atoms with Gasteiger partial charge < -0.3 is 15.7 Å². The SMILES string of the molecule is Cc1c(O)cccc1C(=O)N1CCC[C@H](N)C1.Cl. The molecule has 4 nitrogen and oxygen atoms in total. The number of phenols is 1. The molecule has 0 bridgehead atoms. The molecule has 1 amide bonds. The average molecular weight is 271 g/mol. The fraction of sp³-hybridized carbons (Fsp3) is 0.462. The molecule has 1 fully saturated rings. The molecule has 5 heteroatoms. The summed E-state index contributed by atoms with van der Waals surface area (Å²) in [5.74, 6) is 0.130. The van der Waals surface area contributed by atoms with Crippen molar-refractivity contribution in [2.45, 2.75) is 25.8 Å². The predicted octanol–water partition coefficient (Wildman–Crippen LogP) is 1.69. The molecule has 2 rings (SSSR count). The summed E-state index contributed by atoms with van der Waals surface area (Å²) in [6.07, 6.45) is 1.92. The molecule has 100 valence electrons. The van der Waals surface area contributed by atoms with Crippen molar-refractivity contribution in [3.8, 4) is 5.75 Å². The number of benzene rings is 1. The Kier molecular flexibility index (Phi) is 4.99. The van der Waals surface area contributed by atoms with Crippen molar-refractivity contribution in [1.29, 1.82) is 0 Å². The van der Waals surface area contributed by atoms with Gasteiger partial charge >= 0.3 is 0 Å². The zero-order valence-electron chi connectivity index (χ0n) is 10.4. The van der Waals surface area contributed by atoms with E-state index >= 15 is 0 Å². The van der Waals surface area contributed by atoms with Gasteiger partial charge in [-0.05, 0) is 31.9 Å².